The van der Waals surface area contributed by atoms with Gasteiger partial charge in [-0.25, -0.2) is 9.41 Å². The zero-order chi connectivity index (χ0) is 18.3. The first-order chi connectivity index (χ1) is 12.6. The average Bonchev–Trinajstić information content (AvgIpc) is 2.98. The van der Waals surface area contributed by atoms with Gasteiger partial charge in [0.05, 0.1) is 17.8 Å². The highest BCUT2D eigenvalue weighted by Gasteiger charge is 2.20. The summed E-state index contributed by atoms with van der Waals surface area (Å²) in [5.41, 5.74) is 5.63. The molecule has 26 heavy (non-hydrogen) atoms. The summed E-state index contributed by atoms with van der Waals surface area (Å²) in [6.07, 6.45) is 3.75. The van der Waals surface area contributed by atoms with Crippen LogP contribution in [-0.4, -0.2) is 14.8 Å². The van der Waals surface area contributed by atoms with Crippen LogP contribution < -0.4 is 4.57 Å². The maximum absolute atomic E-state index is 7.54. The van der Waals surface area contributed by atoms with E-state index in [0.29, 0.717) is 5.69 Å². The summed E-state index contributed by atoms with van der Waals surface area (Å²) in [5, 5.41) is 5.71. The third-order valence-corrected chi connectivity index (χ3v) is 4.68. The molecule has 2 aromatic carbocycles. The van der Waals surface area contributed by atoms with Crippen molar-refractivity contribution in [2.45, 2.75) is 13.8 Å². The first-order valence-electron chi connectivity index (χ1n) is 8.38. The number of rotatable bonds is 2. The zero-order valence-corrected chi connectivity index (χ0v) is 14.9. The lowest BCUT2D eigenvalue weighted by atomic mass is 9.99. The minimum absolute atomic E-state index is 0.599. The quantitative estimate of drug-likeness (QED) is 0.407. The van der Waals surface area contributed by atoms with Crippen molar-refractivity contribution >= 4 is 16.6 Å². The van der Waals surface area contributed by atoms with Crippen LogP contribution in [0.3, 0.4) is 0 Å². The molecule has 0 bridgehead atoms. The first-order valence-corrected chi connectivity index (χ1v) is 8.38. The van der Waals surface area contributed by atoms with E-state index >= 15 is 0 Å². The molecule has 0 spiro atoms. The van der Waals surface area contributed by atoms with Gasteiger partial charge in [-0.05, 0) is 30.7 Å². The summed E-state index contributed by atoms with van der Waals surface area (Å²) >= 11 is 0. The van der Waals surface area contributed by atoms with Crippen molar-refractivity contribution < 1.29 is 4.57 Å². The highest BCUT2D eigenvalue weighted by Crippen LogP contribution is 2.35. The monoisotopic (exact) mass is 340 g/mol. The molecule has 0 saturated carbocycles. The summed E-state index contributed by atoms with van der Waals surface area (Å²) in [7, 11) is 1.95. The van der Waals surface area contributed by atoms with Gasteiger partial charge in [-0.3, -0.25) is 4.68 Å². The van der Waals surface area contributed by atoms with Crippen molar-refractivity contribution in [3.8, 4) is 16.9 Å². The van der Waals surface area contributed by atoms with Gasteiger partial charge in [0, 0.05) is 31.0 Å². The molecule has 2 heterocycles. The summed E-state index contributed by atoms with van der Waals surface area (Å²) < 4.78 is 3.91. The fourth-order valence-electron chi connectivity index (χ4n) is 3.41. The van der Waals surface area contributed by atoms with Gasteiger partial charge in [-0.1, -0.05) is 23.2 Å². The van der Waals surface area contributed by atoms with Crippen molar-refractivity contribution in [3.63, 3.8) is 0 Å². The number of nitrogens with zero attached hydrogens (tertiary/aromatic N) is 5. The molecule has 0 atom stereocenters. The molecule has 0 radical (unpaired) electrons. The molecular weight excluding hydrogens is 322 g/mol. The molecule has 0 aliphatic rings. The summed E-state index contributed by atoms with van der Waals surface area (Å²) in [4.78, 5) is 8.07. The average molecular weight is 340 g/mol. The smallest absolute Gasteiger partial charge is 0.267 e. The van der Waals surface area contributed by atoms with Gasteiger partial charge in [-0.15, -0.1) is 0 Å². The van der Waals surface area contributed by atoms with Crippen LogP contribution in [0.5, 0.6) is 0 Å². The molecule has 0 N–H and O–H groups in total. The molecule has 126 valence electrons. The third kappa shape index (κ3) is 2.44. The Balaban J connectivity index is 2.07. The predicted octanol–water partition coefficient (Wildman–Crippen LogP) is 4.08. The Hall–Kier alpha value is -3.52. The number of benzene rings is 2. The molecule has 2 aromatic heterocycles. The predicted molar refractivity (Wildman–Crippen MR) is 101 cm³/mol. The maximum atomic E-state index is 7.54. The Morgan fingerprint density at radius 3 is 2.69 bits per heavy atom. The van der Waals surface area contributed by atoms with E-state index in [0.717, 1.165) is 39.2 Å². The van der Waals surface area contributed by atoms with E-state index in [9.17, 15) is 0 Å². The normalized spacial score (nSPS) is 10.8. The summed E-state index contributed by atoms with van der Waals surface area (Å²) in [5.74, 6) is 0.874. The van der Waals surface area contributed by atoms with Gasteiger partial charge in [0.2, 0.25) is 0 Å². The lowest BCUT2D eigenvalue weighted by Crippen LogP contribution is -2.35. The van der Waals surface area contributed by atoms with Crippen LogP contribution in [0, 0.1) is 20.4 Å². The fourth-order valence-corrected chi connectivity index (χ4v) is 3.41. The second kappa shape index (κ2) is 6.08. The minimum atomic E-state index is 0.599. The van der Waals surface area contributed by atoms with Crippen LogP contribution in [0.1, 0.15) is 11.4 Å². The number of aromatic nitrogens is 4. The number of aryl methyl sites for hydroxylation is 2. The van der Waals surface area contributed by atoms with E-state index in [2.05, 4.69) is 27.9 Å². The van der Waals surface area contributed by atoms with Crippen LogP contribution in [0.15, 0.2) is 54.9 Å². The van der Waals surface area contributed by atoms with Crippen molar-refractivity contribution in [2.24, 2.45) is 7.05 Å². The van der Waals surface area contributed by atoms with E-state index < -0.39 is 0 Å². The second-order valence-electron chi connectivity index (χ2n) is 6.28. The highest BCUT2D eigenvalue weighted by molar-refractivity contribution is 5.95. The van der Waals surface area contributed by atoms with E-state index in [1.807, 2.05) is 65.8 Å². The van der Waals surface area contributed by atoms with Crippen molar-refractivity contribution in [1.29, 1.82) is 0 Å². The van der Waals surface area contributed by atoms with E-state index in [-0.39, 0.29) is 0 Å². The van der Waals surface area contributed by atoms with Gasteiger partial charge in [0.25, 0.3) is 5.82 Å². The highest BCUT2D eigenvalue weighted by atomic mass is 15.3. The molecule has 4 rings (SSSR count). The zero-order valence-electron chi connectivity index (χ0n) is 14.9. The third-order valence-electron chi connectivity index (χ3n) is 4.68. The van der Waals surface area contributed by atoms with Gasteiger partial charge >= 0.3 is 0 Å². The van der Waals surface area contributed by atoms with Gasteiger partial charge in [0.1, 0.15) is 18.1 Å². The molecule has 5 heteroatoms. The maximum Gasteiger partial charge on any atom is 0.300 e. The van der Waals surface area contributed by atoms with E-state index in [1.165, 1.54) is 0 Å². The number of hydrogen-bond donors (Lipinski definition) is 0. The Bertz CT molecular complexity index is 1180. The van der Waals surface area contributed by atoms with Crippen molar-refractivity contribution in [1.82, 2.24) is 14.8 Å². The second-order valence-corrected chi connectivity index (χ2v) is 6.28. The van der Waals surface area contributed by atoms with E-state index in [1.54, 1.807) is 6.20 Å². The summed E-state index contributed by atoms with van der Waals surface area (Å²) in [6.45, 7) is 11.6. The van der Waals surface area contributed by atoms with Gasteiger partial charge in [-0.2, -0.15) is 5.10 Å². The number of hydrogen-bond acceptors (Lipinski definition) is 2. The molecule has 0 saturated heterocycles. The van der Waals surface area contributed by atoms with Crippen LogP contribution in [-0.2, 0) is 7.05 Å². The van der Waals surface area contributed by atoms with Crippen molar-refractivity contribution in [3.05, 3.63) is 77.7 Å². The molecular formula is C21H18N5+. The molecule has 0 aliphatic carbocycles. The van der Waals surface area contributed by atoms with Gasteiger partial charge in [0.15, 0.2) is 5.69 Å². The standard InChI is InChI=1S/C21H18N5/c1-14-18(21-17-8-5-6-9-19(17)24-25(21)4)12-16(22-3)13-20(14)26-11-7-10-23-15(26)2/h5-13H,1-2,4H3/q+1. The number of fused-ring (bicyclic) bond motifs is 1. The summed E-state index contributed by atoms with van der Waals surface area (Å²) in [6, 6.07) is 13.8. The molecule has 5 nitrogen and oxygen atoms in total. The lowest BCUT2D eigenvalue weighted by molar-refractivity contribution is -0.606. The molecule has 4 aromatic rings. The fraction of sp³-hybridized carbons (Fsp3) is 0.143. The van der Waals surface area contributed by atoms with E-state index in [4.69, 9.17) is 6.57 Å². The van der Waals surface area contributed by atoms with Crippen LogP contribution >= 0.6 is 0 Å². The lowest BCUT2D eigenvalue weighted by Gasteiger charge is -2.12. The Morgan fingerprint density at radius 2 is 1.92 bits per heavy atom. The first kappa shape index (κ1) is 16.0. The van der Waals surface area contributed by atoms with Crippen LogP contribution in [0.2, 0.25) is 0 Å². The van der Waals surface area contributed by atoms with Crippen LogP contribution in [0.25, 0.3) is 32.7 Å². The van der Waals surface area contributed by atoms with Crippen LogP contribution in [0.4, 0.5) is 5.69 Å². The largest absolute Gasteiger partial charge is 0.300 e. The topological polar surface area (TPSA) is 39.0 Å². The molecule has 0 aliphatic heterocycles. The Morgan fingerprint density at radius 1 is 1.12 bits per heavy atom. The molecule has 0 unspecified atom stereocenters. The van der Waals surface area contributed by atoms with Gasteiger partial charge < -0.3 is 0 Å². The molecule has 0 amide bonds. The Kier molecular flexibility index (Phi) is 3.74. The minimum Gasteiger partial charge on any atom is -0.267 e. The molecule has 0 fully saturated rings. The Labute approximate surface area is 152 Å². The SMILES string of the molecule is [C-]#[N+]c1cc(-c2c3ccccc3nn2C)c(C)c(-[n+]2cccnc2C)c1. The van der Waals surface area contributed by atoms with Crippen molar-refractivity contribution in [2.75, 3.05) is 0 Å².